The van der Waals surface area contributed by atoms with Crippen LogP contribution in [0.4, 0.5) is 4.79 Å². The SMILES string of the molecule is COc1cccc(/C=C2\SC(=O)N(C)C2=O)c1OCc1ccc(C(=O)[O-])cc1. The molecule has 0 unspecified atom stereocenters. The Hall–Kier alpha value is -3.26. The van der Waals surface area contributed by atoms with Crippen LogP contribution in [0.1, 0.15) is 21.5 Å². The molecular formula is C20H16NO6S-. The summed E-state index contributed by atoms with van der Waals surface area (Å²) in [5, 5.41) is 10.5. The fourth-order valence-corrected chi connectivity index (χ4v) is 3.36. The maximum absolute atomic E-state index is 12.1. The van der Waals surface area contributed by atoms with Gasteiger partial charge in [0.2, 0.25) is 0 Å². The van der Waals surface area contributed by atoms with Gasteiger partial charge in [-0.2, -0.15) is 0 Å². The van der Waals surface area contributed by atoms with Crippen molar-refractivity contribution in [2.75, 3.05) is 14.2 Å². The molecule has 0 spiro atoms. The Morgan fingerprint density at radius 1 is 1.18 bits per heavy atom. The van der Waals surface area contributed by atoms with Crippen molar-refractivity contribution in [2.24, 2.45) is 0 Å². The van der Waals surface area contributed by atoms with Gasteiger partial charge in [0, 0.05) is 12.6 Å². The standard InChI is InChI=1S/C20H17NO6S/c1-21-18(22)16(28-20(21)25)10-14-4-3-5-15(26-2)17(14)27-11-12-6-8-13(9-7-12)19(23)24/h3-10H,11H2,1-2H3,(H,23,24)/p-1/b16-10-. The summed E-state index contributed by atoms with van der Waals surface area (Å²) in [5.74, 6) is -0.737. The Labute approximate surface area is 165 Å². The summed E-state index contributed by atoms with van der Waals surface area (Å²) in [4.78, 5) is 36.0. The van der Waals surface area contributed by atoms with Gasteiger partial charge in [0.05, 0.1) is 18.0 Å². The van der Waals surface area contributed by atoms with Crippen molar-refractivity contribution in [1.82, 2.24) is 4.90 Å². The average Bonchev–Trinajstić information content (AvgIpc) is 2.93. The first kappa shape index (κ1) is 19.5. The molecule has 1 aliphatic heterocycles. The van der Waals surface area contributed by atoms with Crippen LogP contribution in [0.5, 0.6) is 11.5 Å². The number of imide groups is 1. The number of para-hydroxylation sites is 1. The van der Waals surface area contributed by atoms with Crippen LogP contribution in [0.25, 0.3) is 6.08 Å². The van der Waals surface area contributed by atoms with Crippen molar-refractivity contribution in [3.63, 3.8) is 0 Å². The van der Waals surface area contributed by atoms with Gasteiger partial charge in [-0.05, 0) is 35.0 Å². The van der Waals surface area contributed by atoms with Gasteiger partial charge in [-0.25, -0.2) is 0 Å². The Kier molecular flexibility index (Phi) is 5.70. The van der Waals surface area contributed by atoms with E-state index in [-0.39, 0.29) is 23.3 Å². The van der Waals surface area contributed by atoms with E-state index in [0.717, 1.165) is 22.2 Å². The molecule has 0 radical (unpaired) electrons. The lowest BCUT2D eigenvalue weighted by atomic mass is 10.1. The van der Waals surface area contributed by atoms with E-state index >= 15 is 0 Å². The van der Waals surface area contributed by atoms with Gasteiger partial charge in [-0.1, -0.05) is 36.4 Å². The zero-order valence-corrected chi connectivity index (χ0v) is 15.9. The summed E-state index contributed by atoms with van der Waals surface area (Å²) in [6.45, 7) is 0.157. The van der Waals surface area contributed by atoms with Crippen LogP contribution in [0.15, 0.2) is 47.4 Å². The zero-order valence-electron chi connectivity index (χ0n) is 15.1. The Bertz CT molecular complexity index is 967. The highest BCUT2D eigenvalue weighted by molar-refractivity contribution is 8.18. The number of ether oxygens (including phenoxy) is 2. The van der Waals surface area contributed by atoms with Crippen LogP contribution in [-0.4, -0.2) is 36.2 Å². The number of carbonyl (C=O) groups excluding carboxylic acids is 3. The zero-order chi connectivity index (χ0) is 20.3. The highest BCUT2D eigenvalue weighted by Gasteiger charge is 2.32. The van der Waals surface area contributed by atoms with Crippen LogP contribution in [0.2, 0.25) is 0 Å². The molecule has 8 heteroatoms. The van der Waals surface area contributed by atoms with E-state index in [0.29, 0.717) is 22.0 Å². The van der Waals surface area contributed by atoms with Crippen molar-refractivity contribution in [3.8, 4) is 11.5 Å². The van der Waals surface area contributed by atoms with Gasteiger partial charge in [-0.3, -0.25) is 14.5 Å². The first-order valence-electron chi connectivity index (χ1n) is 8.22. The van der Waals surface area contributed by atoms with E-state index in [1.807, 2.05) is 0 Å². The molecule has 2 aromatic rings. The summed E-state index contributed by atoms with van der Waals surface area (Å²) in [7, 11) is 2.93. The summed E-state index contributed by atoms with van der Waals surface area (Å²) in [5.41, 5.74) is 1.41. The molecule has 0 saturated carbocycles. The minimum Gasteiger partial charge on any atom is -0.545 e. The minimum atomic E-state index is -1.25. The second kappa shape index (κ2) is 8.18. The summed E-state index contributed by atoms with van der Waals surface area (Å²) in [6, 6.07) is 11.4. The lowest BCUT2D eigenvalue weighted by Gasteiger charge is -2.14. The number of hydrogen-bond acceptors (Lipinski definition) is 7. The normalized spacial score (nSPS) is 15.2. The van der Waals surface area contributed by atoms with Gasteiger partial charge in [0.1, 0.15) is 6.61 Å². The number of carboxylic acids is 1. The topological polar surface area (TPSA) is 96.0 Å². The second-order valence-electron chi connectivity index (χ2n) is 5.89. The van der Waals surface area contributed by atoms with Crippen LogP contribution in [-0.2, 0) is 11.4 Å². The Morgan fingerprint density at radius 3 is 2.46 bits per heavy atom. The summed E-state index contributed by atoms with van der Waals surface area (Å²) in [6.07, 6.45) is 1.59. The third-order valence-electron chi connectivity index (χ3n) is 4.08. The van der Waals surface area contributed by atoms with Crippen molar-refractivity contribution < 1.29 is 29.0 Å². The number of rotatable bonds is 6. The van der Waals surface area contributed by atoms with Crippen molar-refractivity contribution >= 4 is 35.0 Å². The van der Waals surface area contributed by atoms with E-state index in [9.17, 15) is 19.5 Å². The van der Waals surface area contributed by atoms with Crippen LogP contribution < -0.4 is 14.6 Å². The van der Waals surface area contributed by atoms with Gasteiger partial charge in [-0.15, -0.1) is 0 Å². The molecule has 144 valence electrons. The van der Waals surface area contributed by atoms with Gasteiger partial charge < -0.3 is 19.4 Å². The number of benzene rings is 2. The number of thioether (sulfide) groups is 1. The molecular weight excluding hydrogens is 382 g/mol. The van der Waals surface area contributed by atoms with Gasteiger partial charge in [0.15, 0.2) is 11.5 Å². The highest BCUT2D eigenvalue weighted by atomic mass is 32.2. The molecule has 1 aliphatic rings. The molecule has 7 nitrogen and oxygen atoms in total. The highest BCUT2D eigenvalue weighted by Crippen LogP contribution is 2.37. The van der Waals surface area contributed by atoms with E-state index < -0.39 is 5.97 Å². The van der Waals surface area contributed by atoms with Crippen molar-refractivity contribution in [1.29, 1.82) is 0 Å². The fraction of sp³-hybridized carbons (Fsp3) is 0.150. The molecule has 28 heavy (non-hydrogen) atoms. The number of amides is 2. The number of nitrogens with zero attached hydrogens (tertiary/aromatic N) is 1. The van der Waals surface area contributed by atoms with E-state index in [1.165, 1.54) is 26.3 Å². The maximum Gasteiger partial charge on any atom is 0.293 e. The number of carboxylic acid groups (broad SMARTS) is 1. The molecule has 2 amide bonds. The van der Waals surface area contributed by atoms with Crippen LogP contribution in [0, 0.1) is 0 Å². The Balaban J connectivity index is 1.87. The van der Waals surface area contributed by atoms with Crippen molar-refractivity contribution in [3.05, 3.63) is 64.1 Å². The van der Waals surface area contributed by atoms with Gasteiger partial charge >= 0.3 is 0 Å². The lowest BCUT2D eigenvalue weighted by Crippen LogP contribution is -2.22. The van der Waals surface area contributed by atoms with Crippen LogP contribution >= 0.6 is 11.8 Å². The lowest BCUT2D eigenvalue weighted by molar-refractivity contribution is -0.255. The second-order valence-corrected chi connectivity index (χ2v) is 6.89. The first-order chi connectivity index (χ1) is 13.4. The Morgan fingerprint density at radius 2 is 1.89 bits per heavy atom. The smallest absolute Gasteiger partial charge is 0.293 e. The average molecular weight is 398 g/mol. The third-order valence-corrected chi connectivity index (χ3v) is 5.04. The predicted octanol–water partition coefficient (Wildman–Crippen LogP) is 2.30. The quantitative estimate of drug-likeness (QED) is 0.689. The van der Waals surface area contributed by atoms with E-state index in [1.54, 1.807) is 36.4 Å². The molecule has 0 aromatic heterocycles. The maximum atomic E-state index is 12.1. The van der Waals surface area contributed by atoms with E-state index in [4.69, 9.17) is 9.47 Å². The molecule has 1 fully saturated rings. The number of hydrogen-bond donors (Lipinski definition) is 0. The third kappa shape index (κ3) is 4.01. The molecule has 0 atom stereocenters. The minimum absolute atomic E-state index is 0.0806. The molecule has 0 N–H and O–H groups in total. The largest absolute Gasteiger partial charge is 0.545 e. The summed E-state index contributed by atoms with van der Waals surface area (Å²) >= 11 is 0.858. The molecule has 0 bridgehead atoms. The molecule has 2 aromatic carbocycles. The summed E-state index contributed by atoms with van der Waals surface area (Å²) < 4.78 is 11.2. The van der Waals surface area contributed by atoms with Crippen LogP contribution in [0.3, 0.4) is 0 Å². The monoisotopic (exact) mass is 398 g/mol. The van der Waals surface area contributed by atoms with E-state index in [2.05, 4.69) is 0 Å². The molecule has 0 aliphatic carbocycles. The molecule has 3 rings (SSSR count). The first-order valence-corrected chi connectivity index (χ1v) is 9.04. The van der Waals surface area contributed by atoms with Gasteiger partial charge in [0.25, 0.3) is 11.1 Å². The fourth-order valence-electron chi connectivity index (χ4n) is 2.54. The number of likely N-dealkylation sites (N-methyl/N-ethyl adjacent to an activating group) is 1. The number of methoxy groups -OCH3 is 1. The van der Waals surface area contributed by atoms with Crippen molar-refractivity contribution in [2.45, 2.75) is 6.61 Å². The predicted molar refractivity (Wildman–Crippen MR) is 102 cm³/mol. The number of aromatic carboxylic acids is 1. The molecule has 1 saturated heterocycles. The molecule has 1 heterocycles. The number of carbonyl (C=O) groups is 3.